The smallest absolute Gasteiger partial charge is 0.416 e. The molecule has 0 radical (unpaired) electrons. The Morgan fingerprint density at radius 2 is 1.81 bits per heavy atom. The molecule has 2 rings (SSSR count). The van der Waals surface area contributed by atoms with Crippen molar-refractivity contribution in [3.8, 4) is 0 Å². The molecule has 0 aromatic heterocycles. The van der Waals surface area contributed by atoms with Crippen molar-refractivity contribution in [2.45, 2.75) is 38.9 Å². The van der Waals surface area contributed by atoms with Crippen LogP contribution in [0.5, 0.6) is 0 Å². The summed E-state index contributed by atoms with van der Waals surface area (Å²) in [5, 5.41) is 2.65. The van der Waals surface area contributed by atoms with Gasteiger partial charge in [-0.1, -0.05) is 0 Å². The first-order valence-electron chi connectivity index (χ1n) is 8.71. The third kappa shape index (κ3) is 5.20. The third-order valence-electron chi connectivity index (χ3n) is 4.73. The van der Waals surface area contributed by atoms with E-state index >= 15 is 0 Å². The van der Waals surface area contributed by atoms with E-state index < -0.39 is 11.7 Å². The van der Waals surface area contributed by atoms with Gasteiger partial charge in [-0.25, -0.2) is 0 Å². The van der Waals surface area contributed by atoms with E-state index in [1.54, 1.807) is 13.8 Å². The van der Waals surface area contributed by atoms with Gasteiger partial charge in [0.2, 0.25) is 0 Å². The number of ether oxygens (including phenoxy) is 1. The Bertz CT molecular complexity index is 624. The lowest BCUT2D eigenvalue weighted by atomic mass is 9.96. The maximum atomic E-state index is 12.6. The van der Waals surface area contributed by atoms with Crippen LogP contribution in [0.25, 0.3) is 0 Å². The molecular weight excluding hydrogens is 349 g/mol. The molecule has 0 unspecified atom stereocenters. The van der Waals surface area contributed by atoms with E-state index in [1.165, 1.54) is 12.1 Å². The molecule has 1 aromatic carbocycles. The van der Waals surface area contributed by atoms with Gasteiger partial charge in [0.1, 0.15) is 0 Å². The van der Waals surface area contributed by atoms with Crippen LogP contribution >= 0.6 is 0 Å². The lowest BCUT2D eigenvalue weighted by Gasteiger charge is -2.31. The molecule has 0 aliphatic carbocycles. The zero-order chi connectivity index (χ0) is 19.3. The maximum absolute atomic E-state index is 12.6. The van der Waals surface area contributed by atoms with E-state index in [9.17, 15) is 22.8 Å². The van der Waals surface area contributed by atoms with Gasteiger partial charge >= 0.3 is 12.1 Å². The first-order valence-corrected chi connectivity index (χ1v) is 8.71. The number of quaternary nitrogens is 1. The van der Waals surface area contributed by atoms with Crippen molar-refractivity contribution in [3.63, 3.8) is 0 Å². The van der Waals surface area contributed by atoms with E-state index in [1.807, 2.05) is 0 Å². The summed E-state index contributed by atoms with van der Waals surface area (Å²) in [6, 6.07) is 4.02. The molecule has 1 fully saturated rings. The molecule has 26 heavy (non-hydrogen) atoms. The fourth-order valence-electron chi connectivity index (χ4n) is 3.10. The van der Waals surface area contributed by atoms with E-state index in [0.717, 1.165) is 17.0 Å². The van der Waals surface area contributed by atoms with Crippen molar-refractivity contribution in [1.82, 2.24) is 0 Å². The van der Waals surface area contributed by atoms with Gasteiger partial charge in [0, 0.05) is 18.5 Å². The highest BCUT2D eigenvalue weighted by atomic mass is 19.4. The van der Waals surface area contributed by atoms with Gasteiger partial charge in [-0.15, -0.1) is 0 Å². The Hall–Kier alpha value is -2.09. The van der Waals surface area contributed by atoms with Gasteiger partial charge < -0.3 is 15.0 Å². The van der Waals surface area contributed by atoms with Crippen LogP contribution in [0, 0.1) is 5.92 Å². The Balaban J connectivity index is 1.87. The number of amides is 1. The number of hydrogen-bond acceptors (Lipinski definition) is 3. The molecule has 144 valence electrons. The summed E-state index contributed by atoms with van der Waals surface area (Å²) in [5.41, 5.74) is -0.425. The van der Waals surface area contributed by atoms with Gasteiger partial charge in [0.15, 0.2) is 6.04 Å². The predicted octanol–water partition coefficient (Wildman–Crippen LogP) is 1.89. The van der Waals surface area contributed by atoms with Crippen LogP contribution in [0.2, 0.25) is 0 Å². The van der Waals surface area contributed by atoms with Crippen molar-refractivity contribution >= 4 is 17.6 Å². The van der Waals surface area contributed by atoms with E-state index in [4.69, 9.17) is 4.74 Å². The second-order valence-electron chi connectivity index (χ2n) is 6.47. The predicted molar refractivity (Wildman–Crippen MR) is 89.6 cm³/mol. The summed E-state index contributed by atoms with van der Waals surface area (Å²) in [6.07, 6.45) is -3.08. The normalized spacial score (nSPS) is 21.7. The average Bonchev–Trinajstić information content (AvgIpc) is 2.61. The molecule has 1 aliphatic rings. The number of carbonyl (C=O) groups excluding carboxylic acids is 2. The Morgan fingerprint density at radius 1 is 1.23 bits per heavy atom. The number of hydrogen-bond donors (Lipinski definition) is 2. The van der Waals surface area contributed by atoms with Crippen molar-refractivity contribution in [2.75, 3.05) is 25.0 Å². The first-order chi connectivity index (χ1) is 12.2. The number of likely N-dealkylation sites (tertiary alicyclic amines) is 1. The monoisotopic (exact) mass is 373 g/mol. The molecule has 5 nitrogen and oxygen atoms in total. The molecule has 0 saturated carbocycles. The van der Waals surface area contributed by atoms with Crippen LogP contribution in [-0.4, -0.2) is 37.6 Å². The Labute approximate surface area is 150 Å². The highest BCUT2D eigenvalue weighted by Gasteiger charge is 2.34. The minimum Gasteiger partial charge on any atom is -0.466 e. The molecule has 8 heteroatoms. The number of piperidine rings is 1. The summed E-state index contributed by atoms with van der Waals surface area (Å²) in [7, 11) is 0. The zero-order valence-corrected chi connectivity index (χ0v) is 14.9. The summed E-state index contributed by atoms with van der Waals surface area (Å²) in [4.78, 5) is 25.2. The second-order valence-corrected chi connectivity index (χ2v) is 6.47. The first kappa shape index (κ1) is 20.2. The molecule has 1 atom stereocenters. The number of halogens is 3. The lowest BCUT2D eigenvalue weighted by molar-refractivity contribution is -0.919. The van der Waals surface area contributed by atoms with Crippen LogP contribution in [0.3, 0.4) is 0 Å². The minimum absolute atomic E-state index is 0.121. The molecule has 0 bridgehead atoms. The molecule has 1 heterocycles. The van der Waals surface area contributed by atoms with E-state index in [0.29, 0.717) is 38.2 Å². The van der Waals surface area contributed by atoms with Gasteiger partial charge in [0.05, 0.1) is 31.2 Å². The molecule has 1 saturated heterocycles. The topological polar surface area (TPSA) is 59.8 Å². The summed E-state index contributed by atoms with van der Waals surface area (Å²) >= 11 is 0. The summed E-state index contributed by atoms with van der Waals surface area (Å²) in [5.74, 6) is -0.563. The van der Waals surface area contributed by atoms with Gasteiger partial charge in [0.25, 0.3) is 5.91 Å². The van der Waals surface area contributed by atoms with Crippen molar-refractivity contribution in [3.05, 3.63) is 29.8 Å². The fraction of sp³-hybridized carbons (Fsp3) is 0.556. The average molecular weight is 373 g/mol. The fourth-order valence-corrected chi connectivity index (χ4v) is 3.10. The molecule has 1 aromatic rings. The maximum Gasteiger partial charge on any atom is 0.416 e. The highest BCUT2D eigenvalue weighted by molar-refractivity contribution is 5.93. The van der Waals surface area contributed by atoms with Gasteiger partial charge in [-0.05, 0) is 38.1 Å². The number of benzene rings is 1. The lowest BCUT2D eigenvalue weighted by Crippen LogP contribution is -3.17. The Morgan fingerprint density at radius 3 is 2.31 bits per heavy atom. The van der Waals surface area contributed by atoms with Crippen molar-refractivity contribution < 1.29 is 32.4 Å². The second kappa shape index (κ2) is 8.53. The summed E-state index contributed by atoms with van der Waals surface area (Å²) in [6.45, 7) is 5.25. The number of alkyl halides is 3. The number of esters is 1. The van der Waals surface area contributed by atoms with Crippen LogP contribution in [0.1, 0.15) is 32.3 Å². The van der Waals surface area contributed by atoms with E-state index in [2.05, 4.69) is 5.32 Å². The SMILES string of the molecule is CCOC(=O)C1CC[NH+]([C@H](C)C(=O)Nc2ccc(C(F)(F)F)cc2)CC1. The molecular formula is C18H24F3N2O3+. The molecule has 2 N–H and O–H groups in total. The van der Waals surface area contributed by atoms with Gasteiger partial charge in [-0.3, -0.25) is 9.59 Å². The Kier molecular flexibility index (Phi) is 6.63. The van der Waals surface area contributed by atoms with Crippen molar-refractivity contribution in [2.24, 2.45) is 5.92 Å². The third-order valence-corrected chi connectivity index (χ3v) is 4.73. The van der Waals surface area contributed by atoms with Gasteiger partial charge in [-0.2, -0.15) is 13.2 Å². The standard InChI is InChI=1S/C18H23F3N2O3/c1-3-26-17(25)13-8-10-23(11-9-13)12(2)16(24)22-15-6-4-14(5-7-15)18(19,20)21/h4-7,12-13H,3,8-11H2,1-2H3,(H,22,24)/p+1/t12-/m1/s1. The number of rotatable bonds is 5. The van der Waals surface area contributed by atoms with Crippen LogP contribution in [-0.2, 0) is 20.5 Å². The molecule has 1 aliphatic heterocycles. The quantitative estimate of drug-likeness (QED) is 0.775. The number of carbonyl (C=O) groups is 2. The molecule has 0 spiro atoms. The van der Waals surface area contributed by atoms with Crippen LogP contribution < -0.4 is 10.2 Å². The number of anilines is 1. The largest absolute Gasteiger partial charge is 0.466 e. The summed E-state index contributed by atoms with van der Waals surface area (Å²) < 4.78 is 42.7. The van der Waals surface area contributed by atoms with Crippen molar-refractivity contribution in [1.29, 1.82) is 0 Å². The van der Waals surface area contributed by atoms with Crippen LogP contribution in [0.4, 0.5) is 18.9 Å². The highest BCUT2D eigenvalue weighted by Crippen LogP contribution is 2.29. The minimum atomic E-state index is -4.40. The van der Waals surface area contributed by atoms with E-state index in [-0.39, 0.29) is 23.8 Å². The number of nitrogens with one attached hydrogen (secondary N) is 2. The molecule has 1 amide bonds. The zero-order valence-electron chi connectivity index (χ0n) is 14.9. The van der Waals surface area contributed by atoms with Crippen LogP contribution in [0.15, 0.2) is 24.3 Å².